The molecule has 1 aliphatic rings. The van der Waals surface area contributed by atoms with Crippen molar-refractivity contribution in [1.82, 2.24) is 14.7 Å². The summed E-state index contributed by atoms with van der Waals surface area (Å²) in [7, 11) is -5.08. The molecule has 0 spiro atoms. The standard InChI is InChI=1S/C23H27F3N4O7S/c24-15-4-6-16(7-5-15)37-21-18(25)13-17(14-19(21)26)38(34,35)30(33)22(31)20(27)3-1-2-8-28-23(32)29-9-11-36-12-10-29/h4-7,13-14,20,33H,1-3,8-12,27H2,(H,28,32)/t20-/m1/s1. The van der Waals surface area contributed by atoms with Crippen LogP contribution in [-0.2, 0) is 19.6 Å². The molecule has 208 valence electrons. The molecule has 0 bridgehead atoms. The second kappa shape index (κ2) is 12.9. The Bertz CT molecular complexity index is 1220. The van der Waals surface area contributed by atoms with Gasteiger partial charge in [-0.1, -0.05) is 0 Å². The third kappa shape index (κ3) is 7.34. The van der Waals surface area contributed by atoms with Crippen molar-refractivity contribution in [2.24, 2.45) is 5.73 Å². The van der Waals surface area contributed by atoms with Gasteiger partial charge in [0.05, 0.1) is 24.2 Å². The zero-order chi connectivity index (χ0) is 27.9. The van der Waals surface area contributed by atoms with Crippen LogP contribution in [0.15, 0.2) is 41.3 Å². The van der Waals surface area contributed by atoms with Gasteiger partial charge in [0.25, 0.3) is 15.9 Å². The number of ether oxygens (including phenoxy) is 2. The number of sulfonamides is 1. The molecular weight excluding hydrogens is 533 g/mol. The summed E-state index contributed by atoms with van der Waals surface area (Å²) >= 11 is 0. The number of halogens is 3. The fourth-order valence-electron chi connectivity index (χ4n) is 3.45. The molecular formula is C23H27F3N4O7S. The van der Waals surface area contributed by atoms with Crippen LogP contribution in [0.1, 0.15) is 19.3 Å². The van der Waals surface area contributed by atoms with Crippen molar-refractivity contribution >= 4 is 22.0 Å². The third-order valence-electron chi connectivity index (χ3n) is 5.55. The van der Waals surface area contributed by atoms with Gasteiger partial charge in [-0.25, -0.2) is 18.0 Å². The van der Waals surface area contributed by atoms with Crippen LogP contribution >= 0.6 is 0 Å². The van der Waals surface area contributed by atoms with E-state index in [1.165, 1.54) is 0 Å². The van der Waals surface area contributed by atoms with Gasteiger partial charge in [0, 0.05) is 19.6 Å². The number of benzene rings is 2. The minimum atomic E-state index is -5.08. The predicted octanol–water partition coefficient (Wildman–Crippen LogP) is 2.34. The minimum Gasteiger partial charge on any atom is -0.451 e. The molecule has 1 fully saturated rings. The van der Waals surface area contributed by atoms with E-state index < -0.39 is 54.5 Å². The van der Waals surface area contributed by atoms with Gasteiger partial charge in [-0.2, -0.15) is 8.42 Å². The zero-order valence-electron chi connectivity index (χ0n) is 20.1. The molecule has 1 heterocycles. The van der Waals surface area contributed by atoms with E-state index in [2.05, 4.69) is 5.32 Å². The molecule has 3 amide bonds. The SMILES string of the molecule is N[C@H](CCCCNC(=O)N1CCOCC1)C(=O)N(O)S(=O)(=O)c1cc(F)c(Oc2ccc(F)cc2)c(F)c1. The topological polar surface area (TPSA) is 151 Å². The molecule has 0 unspecified atom stereocenters. The van der Waals surface area contributed by atoms with E-state index in [1.54, 1.807) is 4.90 Å². The van der Waals surface area contributed by atoms with Crippen LogP contribution in [-0.4, -0.2) is 73.8 Å². The number of rotatable bonds is 10. The summed E-state index contributed by atoms with van der Waals surface area (Å²) in [6, 6.07) is 3.20. The van der Waals surface area contributed by atoms with Crippen molar-refractivity contribution in [3.05, 3.63) is 53.8 Å². The summed E-state index contributed by atoms with van der Waals surface area (Å²) in [6.07, 6.45) is 0.691. The molecule has 1 atom stereocenters. The Balaban J connectivity index is 1.54. The van der Waals surface area contributed by atoms with E-state index in [0.29, 0.717) is 51.3 Å². The lowest BCUT2D eigenvalue weighted by molar-refractivity contribution is -0.147. The van der Waals surface area contributed by atoms with Gasteiger partial charge in [0.15, 0.2) is 17.4 Å². The number of nitrogens with one attached hydrogen (secondary N) is 1. The highest BCUT2D eigenvalue weighted by molar-refractivity contribution is 7.89. The Hall–Kier alpha value is -3.40. The molecule has 1 saturated heterocycles. The summed E-state index contributed by atoms with van der Waals surface area (Å²) < 4.78 is 76.7. The van der Waals surface area contributed by atoms with Crippen LogP contribution in [0.5, 0.6) is 11.5 Å². The number of hydrogen-bond acceptors (Lipinski definition) is 8. The lowest BCUT2D eigenvalue weighted by Crippen LogP contribution is -2.46. The summed E-state index contributed by atoms with van der Waals surface area (Å²) in [5.74, 6) is -6.00. The van der Waals surface area contributed by atoms with Gasteiger partial charge in [0.2, 0.25) is 0 Å². The maximum Gasteiger partial charge on any atom is 0.317 e. The molecule has 0 saturated carbocycles. The van der Waals surface area contributed by atoms with E-state index >= 15 is 0 Å². The quantitative estimate of drug-likeness (QED) is 0.228. The molecule has 4 N–H and O–H groups in total. The number of carbonyl (C=O) groups excluding carboxylic acids is 2. The normalized spacial score (nSPS) is 14.6. The first kappa shape index (κ1) is 29.2. The van der Waals surface area contributed by atoms with Crippen molar-refractivity contribution < 1.29 is 45.9 Å². The summed E-state index contributed by atoms with van der Waals surface area (Å²) in [5.41, 5.74) is 5.71. The molecule has 11 nitrogen and oxygen atoms in total. The molecule has 15 heteroatoms. The summed E-state index contributed by atoms with van der Waals surface area (Å²) in [4.78, 5) is 24.9. The Morgan fingerprint density at radius 1 is 1.11 bits per heavy atom. The van der Waals surface area contributed by atoms with Crippen molar-refractivity contribution in [2.75, 3.05) is 32.8 Å². The first-order valence-electron chi connectivity index (χ1n) is 11.6. The molecule has 0 aromatic heterocycles. The first-order chi connectivity index (χ1) is 18.0. The number of amides is 3. The van der Waals surface area contributed by atoms with E-state index in [-0.39, 0.29) is 24.7 Å². The van der Waals surface area contributed by atoms with E-state index in [1.807, 2.05) is 0 Å². The number of hydroxylamine groups is 1. The molecule has 0 aliphatic carbocycles. The zero-order valence-corrected chi connectivity index (χ0v) is 20.9. The molecule has 3 rings (SSSR count). The third-order valence-corrected chi connectivity index (χ3v) is 7.02. The lowest BCUT2D eigenvalue weighted by atomic mass is 10.1. The van der Waals surface area contributed by atoms with E-state index in [4.69, 9.17) is 15.2 Å². The molecule has 38 heavy (non-hydrogen) atoms. The van der Waals surface area contributed by atoms with Gasteiger partial charge in [-0.15, -0.1) is 4.47 Å². The van der Waals surface area contributed by atoms with Gasteiger partial charge in [-0.05, 0) is 55.7 Å². The van der Waals surface area contributed by atoms with Crippen LogP contribution in [0.4, 0.5) is 18.0 Å². The van der Waals surface area contributed by atoms with Gasteiger partial charge < -0.3 is 25.4 Å². The number of hydrogen-bond donors (Lipinski definition) is 3. The van der Waals surface area contributed by atoms with Crippen LogP contribution in [0.2, 0.25) is 0 Å². The smallest absolute Gasteiger partial charge is 0.317 e. The van der Waals surface area contributed by atoms with E-state index in [9.17, 15) is 36.4 Å². The van der Waals surface area contributed by atoms with Gasteiger partial charge >= 0.3 is 6.03 Å². The second-order valence-corrected chi connectivity index (χ2v) is 10.1. The lowest BCUT2D eigenvalue weighted by Gasteiger charge is -2.26. The van der Waals surface area contributed by atoms with Crippen molar-refractivity contribution in [2.45, 2.75) is 30.2 Å². The number of unbranched alkanes of at least 4 members (excludes halogenated alkanes) is 1. The predicted molar refractivity (Wildman–Crippen MR) is 126 cm³/mol. The maximum atomic E-state index is 14.5. The van der Waals surface area contributed by atoms with E-state index in [0.717, 1.165) is 24.3 Å². The number of carbonyl (C=O) groups is 2. The Morgan fingerprint density at radius 2 is 1.71 bits per heavy atom. The average molecular weight is 561 g/mol. The maximum absolute atomic E-state index is 14.5. The summed E-state index contributed by atoms with van der Waals surface area (Å²) in [5, 5.41) is 12.7. The van der Waals surface area contributed by atoms with Crippen molar-refractivity contribution in [1.29, 1.82) is 0 Å². The minimum absolute atomic E-state index is 0.0357. The largest absolute Gasteiger partial charge is 0.451 e. The fraction of sp³-hybridized carbons (Fsp3) is 0.391. The molecule has 0 radical (unpaired) electrons. The Kier molecular flexibility index (Phi) is 9.90. The highest BCUT2D eigenvalue weighted by Crippen LogP contribution is 2.31. The number of urea groups is 1. The van der Waals surface area contributed by atoms with Crippen LogP contribution < -0.4 is 15.8 Å². The molecule has 2 aromatic carbocycles. The monoisotopic (exact) mass is 560 g/mol. The van der Waals surface area contributed by atoms with Crippen LogP contribution in [0.25, 0.3) is 0 Å². The molecule has 1 aliphatic heterocycles. The average Bonchev–Trinajstić information content (AvgIpc) is 2.90. The van der Waals surface area contributed by atoms with Crippen molar-refractivity contribution in [3.63, 3.8) is 0 Å². The van der Waals surface area contributed by atoms with Crippen LogP contribution in [0, 0.1) is 17.5 Å². The summed E-state index contributed by atoms with van der Waals surface area (Å²) in [6.45, 7) is 2.15. The fourth-order valence-corrected chi connectivity index (χ4v) is 4.53. The number of nitrogens with zero attached hydrogens (tertiary/aromatic N) is 2. The second-order valence-electron chi connectivity index (χ2n) is 8.29. The van der Waals surface area contributed by atoms with Crippen LogP contribution in [0.3, 0.4) is 0 Å². The highest BCUT2D eigenvalue weighted by Gasteiger charge is 2.33. The molecule has 2 aromatic rings. The number of morpholine rings is 1. The van der Waals surface area contributed by atoms with Crippen molar-refractivity contribution in [3.8, 4) is 11.5 Å². The first-order valence-corrected chi connectivity index (χ1v) is 13.0. The van der Waals surface area contributed by atoms with Gasteiger partial charge in [0.1, 0.15) is 11.6 Å². The Morgan fingerprint density at radius 3 is 2.32 bits per heavy atom. The van der Waals surface area contributed by atoms with Gasteiger partial charge in [-0.3, -0.25) is 10.0 Å². The Labute approximate surface area is 216 Å². The highest BCUT2D eigenvalue weighted by atomic mass is 32.2. The number of nitrogens with two attached hydrogens (primary N) is 1.